The van der Waals surface area contributed by atoms with Gasteiger partial charge in [0.05, 0.1) is 6.61 Å². The summed E-state index contributed by atoms with van der Waals surface area (Å²) in [7, 11) is 0. The molecule has 1 rings (SSSR count). The molecule has 0 saturated heterocycles. The van der Waals surface area contributed by atoms with Gasteiger partial charge in [0.2, 0.25) is 0 Å². The third kappa shape index (κ3) is 4.76. The molecule has 0 aliphatic rings. The topological polar surface area (TPSA) is 57.9 Å². The van der Waals surface area contributed by atoms with Crippen LogP contribution in [0.3, 0.4) is 0 Å². The van der Waals surface area contributed by atoms with Gasteiger partial charge in [-0.25, -0.2) is 4.98 Å². The van der Waals surface area contributed by atoms with E-state index in [-0.39, 0.29) is 0 Å². The highest BCUT2D eigenvalue weighted by molar-refractivity contribution is 5.29. The summed E-state index contributed by atoms with van der Waals surface area (Å²) in [5, 5.41) is 12.0. The van der Waals surface area contributed by atoms with Crippen molar-refractivity contribution in [2.45, 2.75) is 26.3 Å². The van der Waals surface area contributed by atoms with Crippen LogP contribution in [0.2, 0.25) is 0 Å². The van der Waals surface area contributed by atoms with Gasteiger partial charge in [-0.15, -0.1) is 0 Å². The van der Waals surface area contributed by atoms with E-state index in [1.54, 1.807) is 18.3 Å². The van der Waals surface area contributed by atoms with E-state index in [9.17, 15) is 0 Å². The number of pyridine rings is 1. The molecule has 4 heteroatoms. The predicted molar refractivity (Wildman–Crippen MR) is 62.2 cm³/mol. The molecular weight excluding hydrogens is 202 g/mol. The fourth-order valence-corrected chi connectivity index (χ4v) is 1.22. The minimum absolute atomic E-state index is 0.387. The molecule has 0 aromatic carbocycles. The van der Waals surface area contributed by atoms with Crippen molar-refractivity contribution in [3.63, 3.8) is 0 Å². The molecule has 1 heterocycles. The highest BCUT2D eigenvalue weighted by atomic mass is 16.5. The van der Waals surface area contributed by atoms with Crippen LogP contribution in [0.1, 0.15) is 26.0 Å². The van der Waals surface area contributed by atoms with Crippen LogP contribution >= 0.6 is 0 Å². The van der Waals surface area contributed by atoms with Crippen molar-refractivity contribution in [3.8, 4) is 11.8 Å². The van der Waals surface area contributed by atoms with Crippen molar-refractivity contribution < 1.29 is 4.74 Å². The Kier molecular flexibility index (Phi) is 5.30. The molecule has 0 radical (unpaired) electrons. The van der Waals surface area contributed by atoms with Crippen LogP contribution < -0.4 is 10.1 Å². The molecule has 4 nitrogen and oxygen atoms in total. The van der Waals surface area contributed by atoms with Crippen molar-refractivity contribution in [3.05, 3.63) is 24.0 Å². The first kappa shape index (κ1) is 12.5. The number of rotatable bonds is 6. The zero-order valence-electron chi connectivity index (χ0n) is 9.73. The lowest BCUT2D eigenvalue weighted by Gasteiger charge is -2.09. The molecule has 0 aliphatic heterocycles. The van der Waals surface area contributed by atoms with Crippen molar-refractivity contribution in [1.82, 2.24) is 10.3 Å². The van der Waals surface area contributed by atoms with Crippen LogP contribution in [0.15, 0.2) is 18.3 Å². The Hall–Kier alpha value is -1.60. The van der Waals surface area contributed by atoms with E-state index in [1.807, 2.05) is 6.07 Å². The Balaban J connectivity index is 2.24. The Morgan fingerprint density at radius 2 is 2.38 bits per heavy atom. The molecular formula is C12H17N3O. The number of hydrogen-bond donors (Lipinski definition) is 1. The zero-order valence-corrected chi connectivity index (χ0v) is 9.73. The number of ether oxygens (including phenoxy) is 1. The van der Waals surface area contributed by atoms with Gasteiger partial charge in [0.1, 0.15) is 17.5 Å². The van der Waals surface area contributed by atoms with Gasteiger partial charge in [0.15, 0.2) is 0 Å². The predicted octanol–water partition coefficient (Wildman–Crippen LogP) is 1.72. The number of nitriles is 1. The average Bonchev–Trinajstić information content (AvgIpc) is 2.28. The molecule has 0 aliphatic carbocycles. The van der Waals surface area contributed by atoms with E-state index in [4.69, 9.17) is 10.00 Å². The summed E-state index contributed by atoms with van der Waals surface area (Å²) in [6, 6.07) is 5.90. The maximum absolute atomic E-state index is 8.65. The Bertz CT molecular complexity index is 358. The SMILES string of the molecule is CC(C)NCCCOc1ccnc(C#N)c1. The van der Waals surface area contributed by atoms with Crippen LogP contribution in [-0.4, -0.2) is 24.2 Å². The second kappa shape index (κ2) is 6.81. The van der Waals surface area contributed by atoms with Gasteiger partial charge in [-0.2, -0.15) is 5.26 Å². The number of nitrogens with zero attached hydrogens (tertiary/aromatic N) is 2. The second-order valence-corrected chi connectivity index (χ2v) is 3.80. The summed E-state index contributed by atoms with van der Waals surface area (Å²) in [5.74, 6) is 0.705. The standard InChI is InChI=1S/C12H17N3O/c1-10(2)14-5-3-7-16-12-4-6-15-11(8-12)9-13/h4,6,8,10,14H,3,5,7H2,1-2H3. The van der Waals surface area contributed by atoms with Crippen molar-refractivity contribution >= 4 is 0 Å². The molecule has 0 amide bonds. The van der Waals surface area contributed by atoms with Crippen LogP contribution in [0.5, 0.6) is 5.75 Å². The molecule has 1 N–H and O–H groups in total. The molecule has 86 valence electrons. The van der Waals surface area contributed by atoms with Gasteiger partial charge in [-0.1, -0.05) is 13.8 Å². The van der Waals surface area contributed by atoms with E-state index < -0.39 is 0 Å². The minimum atomic E-state index is 0.387. The summed E-state index contributed by atoms with van der Waals surface area (Å²) in [5.41, 5.74) is 0.387. The maximum atomic E-state index is 8.65. The van der Waals surface area contributed by atoms with E-state index in [0.717, 1.165) is 13.0 Å². The zero-order chi connectivity index (χ0) is 11.8. The molecule has 0 bridgehead atoms. The van der Waals surface area contributed by atoms with Crippen LogP contribution in [0.25, 0.3) is 0 Å². The van der Waals surface area contributed by atoms with Gasteiger partial charge in [0.25, 0.3) is 0 Å². The van der Waals surface area contributed by atoms with Crippen molar-refractivity contribution in [2.75, 3.05) is 13.2 Å². The second-order valence-electron chi connectivity index (χ2n) is 3.80. The summed E-state index contributed by atoms with van der Waals surface area (Å²) in [6.07, 6.45) is 2.53. The van der Waals surface area contributed by atoms with E-state index in [0.29, 0.717) is 24.1 Å². The first-order valence-electron chi connectivity index (χ1n) is 5.44. The number of hydrogen-bond acceptors (Lipinski definition) is 4. The fraction of sp³-hybridized carbons (Fsp3) is 0.500. The third-order valence-electron chi connectivity index (χ3n) is 1.99. The molecule has 1 aromatic rings. The molecule has 0 atom stereocenters. The molecule has 0 fully saturated rings. The van der Waals surface area contributed by atoms with Crippen molar-refractivity contribution in [2.24, 2.45) is 0 Å². The average molecular weight is 219 g/mol. The Morgan fingerprint density at radius 1 is 1.56 bits per heavy atom. The van der Waals surface area contributed by atoms with Gasteiger partial charge in [-0.3, -0.25) is 0 Å². The van der Waals surface area contributed by atoms with Gasteiger partial charge >= 0.3 is 0 Å². The van der Waals surface area contributed by atoms with Gasteiger partial charge in [0, 0.05) is 18.3 Å². The first-order valence-corrected chi connectivity index (χ1v) is 5.44. The lowest BCUT2D eigenvalue weighted by atomic mass is 10.3. The lowest BCUT2D eigenvalue weighted by Crippen LogP contribution is -2.24. The van der Waals surface area contributed by atoms with Crippen LogP contribution in [0, 0.1) is 11.3 Å². The molecule has 0 unspecified atom stereocenters. The minimum Gasteiger partial charge on any atom is -0.493 e. The maximum Gasteiger partial charge on any atom is 0.144 e. The molecule has 0 spiro atoms. The van der Waals surface area contributed by atoms with Gasteiger partial charge < -0.3 is 10.1 Å². The summed E-state index contributed by atoms with van der Waals surface area (Å²) in [6.45, 7) is 5.81. The summed E-state index contributed by atoms with van der Waals surface area (Å²) < 4.78 is 5.50. The summed E-state index contributed by atoms with van der Waals surface area (Å²) >= 11 is 0. The van der Waals surface area contributed by atoms with Crippen molar-refractivity contribution in [1.29, 1.82) is 5.26 Å². The normalized spacial score (nSPS) is 10.1. The summed E-state index contributed by atoms with van der Waals surface area (Å²) in [4.78, 5) is 3.87. The first-order chi connectivity index (χ1) is 7.72. The third-order valence-corrected chi connectivity index (χ3v) is 1.99. The Morgan fingerprint density at radius 3 is 3.06 bits per heavy atom. The number of aromatic nitrogens is 1. The molecule has 0 saturated carbocycles. The van der Waals surface area contributed by atoms with Gasteiger partial charge in [-0.05, 0) is 19.0 Å². The van der Waals surface area contributed by atoms with E-state index >= 15 is 0 Å². The Labute approximate surface area is 96.3 Å². The quantitative estimate of drug-likeness (QED) is 0.740. The smallest absolute Gasteiger partial charge is 0.144 e. The highest BCUT2D eigenvalue weighted by Crippen LogP contribution is 2.10. The van der Waals surface area contributed by atoms with Crippen LogP contribution in [-0.2, 0) is 0 Å². The van der Waals surface area contributed by atoms with E-state index in [2.05, 4.69) is 24.1 Å². The molecule has 1 aromatic heterocycles. The van der Waals surface area contributed by atoms with E-state index in [1.165, 1.54) is 0 Å². The largest absolute Gasteiger partial charge is 0.493 e. The fourth-order valence-electron chi connectivity index (χ4n) is 1.22. The molecule has 16 heavy (non-hydrogen) atoms. The highest BCUT2D eigenvalue weighted by Gasteiger charge is 1.97. The number of nitrogens with one attached hydrogen (secondary N) is 1. The monoisotopic (exact) mass is 219 g/mol. The lowest BCUT2D eigenvalue weighted by molar-refractivity contribution is 0.306. The van der Waals surface area contributed by atoms with Crippen LogP contribution in [0.4, 0.5) is 0 Å².